The Labute approximate surface area is 225 Å². The Morgan fingerprint density at radius 2 is 1.70 bits per heavy atom. The molecule has 1 aromatic heterocycles. The first-order chi connectivity index (χ1) is 19.2. The maximum Gasteiger partial charge on any atom is 0.416 e. The van der Waals surface area contributed by atoms with Gasteiger partial charge in [-0.2, -0.15) is 22.9 Å². The number of hydrogen-bond acceptors (Lipinski definition) is 5. The van der Waals surface area contributed by atoms with E-state index in [1.54, 1.807) is 54.6 Å². The number of methoxy groups -OCH3 is 1. The van der Waals surface area contributed by atoms with Gasteiger partial charge in [0.25, 0.3) is 5.56 Å². The number of ether oxygens (including phenoxy) is 2. The number of rotatable bonds is 7. The van der Waals surface area contributed by atoms with Gasteiger partial charge in [-0.25, -0.2) is 9.37 Å². The number of benzene rings is 4. The summed E-state index contributed by atoms with van der Waals surface area (Å²) >= 11 is 0. The molecule has 0 atom stereocenters. The Morgan fingerprint density at radius 1 is 0.925 bits per heavy atom. The summed E-state index contributed by atoms with van der Waals surface area (Å²) in [6.45, 7) is 0.183. The Balaban J connectivity index is 1.51. The van der Waals surface area contributed by atoms with Crippen molar-refractivity contribution in [3.8, 4) is 22.9 Å². The van der Waals surface area contributed by atoms with Crippen molar-refractivity contribution in [2.45, 2.75) is 12.8 Å². The van der Waals surface area contributed by atoms with Gasteiger partial charge < -0.3 is 9.47 Å². The zero-order chi connectivity index (χ0) is 28.3. The Hall–Kier alpha value is -4.99. The fourth-order valence-corrected chi connectivity index (χ4v) is 4.00. The second-order valence-corrected chi connectivity index (χ2v) is 8.72. The third kappa shape index (κ3) is 5.70. The second kappa shape index (κ2) is 11.0. The van der Waals surface area contributed by atoms with Gasteiger partial charge in [0.05, 0.1) is 29.8 Å². The molecule has 0 bridgehead atoms. The summed E-state index contributed by atoms with van der Waals surface area (Å²) in [4.78, 5) is 17.8. The molecule has 0 radical (unpaired) electrons. The Morgan fingerprint density at radius 3 is 2.45 bits per heavy atom. The van der Waals surface area contributed by atoms with Crippen LogP contribution < -0.4 is 15.0 Å². The van der Waals surface area contributed by atoms with E-state index in [0.29, 0.717) is 22.6 Å². The summed E-state index contributed by atoms with van der Waals surface area (Å²) in [6.07, 6.45) is -3.19. The first kappa shape index (κ1) is 26.6. The number of hydrogen-bond donors (Lipinski definition) is 0. The van der Waals surface area contributed by atoms with Crippen molar-refractivity contribution in [2.24, 2.45) is 5.10 Å². The third-order valence-electron chi connectivity index (χ3n) is 6.02. The van der Waals surface area contributed by atoms with Crippen LogP contribution in [-0.2, 0) is 12.8 Å². The minimum Gasteiger partial charge on any atom is -0.493 e. The smallest absolute Gasteiger partial charge is 0.416 e. The van der Waals surface area contributed by atoms with Crippen molar-refractivity contribution in [1.82, 2.24) is 9.66 Å². The van der Waals surface area contributed by atoms with Crippen LogP contribution in [0.25, 0.3) is 22.3 Å². The van der Waals surface area contributed by atoms with Crippen molar-refractivity contribution in [2.75, 3.05) is 7.11 Å². The lowest BCUT2D eigenvalue weighted by Crippen LogP contribution is -2.20. The standard InChI is InChI=1S/C30H21F4N3O3/c1-39-27-15-20(11-14-26(27)40-18-19-9-12-23(31)13-10-19)17-35-37-28(21-5-4-6-22(16-21)30(32,33)34)36-25-8-3-2-7-24(25)29(37)38/h2-17H,18H2,1H3. The summed E-state index contributed by atoms with van der Waals surface area (Å²) in [6, 6.07) is 22.0. The van der Waals surface area contributed by atoms with E-state index >= 15 is 0 Å². The second-order valence-electron chi connectivity index (χ2n) is 8.72. The molecular weight excluding hydrogens is 526 g/mol. The zero-order valence-electron chi connectivity index (χ0n) is 21.0. The third-order valence-corrected chi connectivity index (χ3v) is 6.02. The average molecular weight is 548 g/mol. The van der Waals surface area contributed by atoms with Crippen molar-refractivity contribution in [1.29, 1.82) is 0 Å². The SMILES string of the molecule is COc1cc(C=Nn2c(-c3cccc(C(F)(F)F)c3)nc3ccccc3c2=O)ccc1OCc1ccc(F)cc1. The van der Waals surface area contributed by atoms with Gasteiger partial charge in [0, 0.05) is 5.56 Å². The van der Waals surface area contributed by atoms with Crippen molar-refractivity contribution in [3.05, 3.63) is 124 Å². The van der Waals surface area contributed by atoms with E-state index in [2.05, 4.69) is 10.1 Å². The predicted molar refractivity (Wildman–Crippen MR) is 143 cm³/mol. The zero-order valence-corrected chi connectivity index (χ0v) is 21.0. The summed E-state index contributed by atoms with van der Waals surface area (Å²) in [5, 5.41) is 4.57. The molecule has 202 valence electrons. The molecule has 0 fully saturated rings. The average Bonchev–Trinajstić information content (AvgIpc) is 2.96. The van der Waals surface area contributed by atoms with Gasteiger partial charge >= 0.3 is 6.18 Å². The van der Waals surface area contributed by atoms with Gasteiger partial charge in [-0.3, -0.25) is 4.79 Å². The quantitative estimate of drug-likeness (QED) is 0.168. The Bertz CT molecular complexity index is 1760. The lowest BCUT2D eigenvalue weighted by molar-refractivity contribution is -0.137. The minimum absolute atomic E-state index is 0.0442. The molecule has 4 aromatic carbocycles. The predicted octanol–water partition coefficient (Wildman–Crippen LogP) is 6.69. The highest BCUT2D eigenvalue weighted by Crippen LogP contribution is 2.32. The van der Waals surface area contributed by atoms with E-state index in [9.17, 15) is 22.4 Å². The molecule has 0 amide bonds. The molecule has 6 nitrogen and oxygen atoms in total. The van der Waals surface area contributed by atoms with Gasteiger partial charge in [-0.05, 0) is 65.7 Å². The number of alkyl halides is 3. The maximum absolute atomic E-state index is 13.4. The fraction of sp³-hybridized carbons (Fsp3) is 0.100. The van der Waals surface area contributed by atoms with Crippen molar-refractivity contribution in [3.63, 3.8) is 0 Å². The molecule has 1 heterocycles. The van der Waals surface area contributed by atoms with Crippen LogP contribution in [0.3, 0.4) is 0 Å². The summed E-state index contributed by atoms with van der Waals surface area (Å²) in [7, 11) is 1.46. The monoisotopic (exact) mass is 547 g/mol. The van der Waals surface area contributed by atoms with Crippen LogP contribution in [0.15, 0.2) is 101 Å². The van der Waals surface area contributed by atoms with E-state index in [1.807, 2.05) is 0 Å². The maximum atomic E-state index is 13.4. The molecule has 5 rings (SSSR count). The highest BCUT2D eigenvalue weighted by atomic mass is 19.4. The van der Waals surface area contributed by atoms with E-state index in [-0.39, 0.29) is 29.2 Å². The van der Waals surface area contributed by atoms with Crippen LogP contribution >= 0.6 is 0 Å². The summed E-state index contributed by atoms with van der Waals surface area (Å²) in [5.41, 5.74) is 0.289. The molecule has 0 unspecified atom stereocenters. The molecule has 0 aliphatic rings. The largest absolute Gasteiger partial charge is 0.493 e. The fourth-order valence-electron chi connectivity index (χ4n) is 4.00. The topological polar surface area (TPSA) is 65.7 Å². The van der Waals surface area contributed by atoms with Gasteiger partial charge in [0.2, 0.25) is 0 Å². The number of fused-ring (bicyclic) bond motifs is 1. The molecule has 0 aliphatic carbocycles. The first-order valence-electron chi connectivity index (χ1n) is 12.0. The highest BCUT2D eigenvalue weighted by Gasteiger charge is 2.31. The van der Waals surface area contributed by atoms with E-state index in [4.69, 9.17) is 9.47 Å². The van der Waals surface area contributed by atoms with E-state index in [0.717, 1.165) is 22.4 Å². The van der Waals surface area contributed by atoms with Crippen LogP contribution in [0, 0.1) is 5.82 Å². The van der Waals surface area contributed by atoms with Crippen LogP contribution in [0.4, 0.5) is 17.6 Å². The molecule has 40 heavy (non-hydrogen) atoms. The molecule has 10 heteroatoms. The number of halogens is 4. The first-order valence-corrected chi connectivity index (χ1v) is 12.0. The Kier molecular flexibility index (Phi) is 7.33. The minimum atomic E-state index is -4.57. The highest BCUT2D eigenvalue weighted by molar-refractivity contribution is 5.82. The van der Waals surface area contributed by atoms with Crippen LogP contribution in [-0.4, -0.2) is 23.0 Å². The van der Waals surface area contributed by atoms with Crippen LogP contribution in [0.2, 0.25) is 0 Å². The van der Waals surface area contributed by atoms with Crippen molar-refractivity contribution < 1.29 is 27.0 Å². The molecule has 5 aromatic rings. The molecule has 0 spiro atoms. The van der Waals surface area contributed by atoms with Gasteiger partial charge in [0.1, 0.15) is 12.4 Å². The molecule has 0 aliphatic heterocycles. The van der Waals surface area contributed by atoms with Crippen LogP contribution in [0.1, 0.15) is 16.7 Å². The van der Waals surface area contributed by atoms with Gasteiger partial charge in [-0.15, -0.1) is 0 Å². The number of para-hydroxylation sites is 1. The molecular formula is C30H21F4N3O3. The van der Waals surface area contributed by atoms with Gasteiger partial charge in [0.15, 0.2) is 17.3 Å². The molecule has 0 N–H and O–H groups in total. The normalized spacial score (nSPS) is 11.7. The van der Waals surface area contributed by atoms with Crippen LogP contribution in [0.5, 0.6) is 11.5 Å². The lowest BCUT2D eigenvalue weighted by atomic mass is 10.1. The van der Waals surface area contributed by atoms with Gasteiger partial charge in [-0.1, -0.05) is 36.4 Å². The van der Waals surface area contributed by atoms with E-state index in [1.165, 1.54) is 37.6 Å². The number of aromatic nitrogens is 2. The van der Waals surface area contributed by atoms with E-state index < -0.39 is 17.3 Å². The summed E-state index contributed by atoms with van der Waals surface area (Å²) in [5.74, 6) is 0.422. The van der Waals surface area contributed by atoms with Crippen molar-refractivity contribution >= 4 is 17.1 Å². The molecule has 0 saturated carbocycles. The number of nitrogens with zero attached hydrogens (tertiary/aromatic N) is 3. The lowest BCUT2D eigenvalue weighted by Gasteiger charge is -2.13. The molecule has 0 saturated heterocycles. The summed E-state index contributed by atoms with van der Waals surface area (Å²) < 4.78 is 65.6.